The van der Waals surface area contributed by atoms with Crippen LogP contribution in [0.25, 0.3) is 22.4 Å². The van der Waals surface area contributed by atoms with Gasteiger partial charge in [-0.2, -0.15) is 13.2 Å². The minimum Gasteiger partial charge on any atom is -0.351 e. The van der Waals surface area contributed by atoms with Gasteiger partial charge in [0, 0.05) is 11.6 Å². The van der Waals surface area contributed by atoms with Crippen molar-refractivity contribution >= 4 is 22.4 Å². The van der Waals surface area contributed by atoms with Gasteiger partial charge in [0.05, 0.1) is 40.4 Å². The lowest BCUT2D eigenvalue weighted by Crippen LogP contribution is -2.04. The second kappa shape index (κ2) is 6.35. The van der Waals surface area contributed by atoms with Gasteiger partial charge in [0.25, 0.3) is 0 Å². The van der Waals surface area contributed by atoms with Crippen molar-refractivity contribution in [3.05, 3.63) is 66.5 Å². The van der Waals surface area contributed by atoms with Gasteiger partial charge >= 0.3 is 6.18 Å². The quantitative estimate of drug-likeness (QED) is 0.500. The highest BCUT2D eigenvalue weighted by Crippen LogP contribution is 2.31. The zero-order valence-corrected chi connectivity index (χ0v) is 13.5. The maximum Gasteiger partial charge on any atom is 0.416 e. The van der Waals surface area contributed by atoms with Crippen molar-refractivity contribution in [1.82, 2.24) is 19.9 Å². The Morgan fingerprint density at radius 3 is 2.33 bits per heavy atom. The predicted molar refractivity (Wildman–Crippen MR) is 91.8 cm³/mol. The summed E-state index contributed by atoms with van der Waals surface area (Å²) >= 11 is 0. The van der Waals surface area contributed by atoms with E-state index < -0.39 is 17.6 Å². The highest BCUT2D eigenvalue weighted by molar-refractivity contribution is 5.84. The molecule has 0 spiro atoms. The highest BCUT2D eigenvalue weighted by Gasteiger charge is 2.30. The van der Waals surface area contributed by atoms with E-state index in [1.807, 2.05) is 0 Å². The van der Waals surface area contributed by atoms with E-state index in [0.29, 0.717) is 28.1 Å². The number of hydrogen-bond donors (Lipinski definition) is 2. The first kappa shape index (κ1) is 17.0. The van der Waals surface area contributed by atoms with Crippen molar-refractivity contribution in [1.29, 1.82) is 0 Å². The summed E-state index contributed by atoms with van der Waals surface area (Å²) in [4.78, 5) is 14.9. The lowest BCUT2D eigenvalue weighted by Gasteiger charge is -2.06. The summed E-state index contributed by atoms with van der Waals surface area (Å²) in [6, 6.07) is 7.36. The van der Waals surface area contributed by atoms with Gasteiger partial charge in [0.15, 0.2) is 0 Å². The molecule has 0 saturated carbocycles. The van der Waals surface area contributed by atoms with E-state index in [1.54, 1.807) is 0 Å². The Kier molecular flexibility index (Phi) is 3.98. The van der Waals surface area contributed by atoms with Crippen LogP contribution in [0.5, 0.6) is 0 Å². The Morgan fingerprint density at radius 2 is 1.67 bits per heavy atom. The number of benzene rings is 2. The standard InChI is InChI=1S/C18H11F4N5/c19-13-5-15-16(6-14(13)25-12-7-23-9-24-8-12)27-17(26-15)10-1-3-11(4-2-10)18(20,21)22/h1-9,25H,(H,26,27). The molecule has 0 aliphatic heterocycles. The molecule has 0 aliphatic carbocycles. The van der Waals surface area contributed by atoms with Gasteiger partial charge in [-0.15, -0.1) is 0 Å². The Hall–Kier alpha value is -3.49. The molecule has 2 aromatic carbocycles. The van der Waals surface area contributed by atoms with Crippen LogP contribution in [0.2, 0.25) is 0 Å². The molecule has 0 bridgehead atoms. The molecule has 4 aromatic rings. The fraction of sp³-hybridized carbons (Fsp3) is 0.0556. The van der Waals surface area contributed by atoms with Crippen molar-refractivity contribution in [2.75, 3.05) is 5.32 Å². The number of halogens is 4. The average Bonchev–Trinajstić information content (AvgIpc) is 3.05. The van der Waals surface area contributed by atoms with Crippen molar-refractivity contribution in [3.8, 4) is 11.4 Å². The van der Waals surface area contributed by atoms with Crippen molar-refractivity contribution in [2.24, 2.45) is 0 Å². The number of fused-ring (bicyclic) bond motifs is 1. The maximum absolute atomic E-state index is 14.3. The van der Waals surface area contributed by atoms with E-state index in [0.717, 1.165) is 12.1 Å². The number of rotatable bonds is 3. The monoisotopic (exact) mass is 373 g/mol. The smallest absolute Gasteiger partial charge is 0.351 e. The van der Waals surface area contributed by atoms with Gasteiger partial charge in [0.1, 0.15) is 18.0 Å². The molecule has 2 heterocycles. The number of anilines is 2. The Bertz CT molecular complexity index is 1090. The summed E-state index contributed by atoms with van der Waals surface area (Å²) in [5, 5.41) is 2.86. The number of aromatic nitrogens is 4. The van der Waals surface area contributed by atoms with E-state index in [1.165, 1.54) is 43.0 Å². The maximum atomic E-state index is 14.3. The van der Waals surface area contributed by atoms with Gasteiger partial charge < -0.3 is 10.3 Å². The molecule has 5 nitrogen and oxygen atoms in total. The molecule has 0 amide bonds. The number of nitrogens with one attached hydrogen (secondary N) is 2. The third kappa shape index (κ3) is 3.43. The second-order valence-electron chi connectivity index (χ2n) is 5.76. The third-order valence-corrected chi connectivity index (χ3v) is 3.90. The topological polar surface area (TPSA) is 66.5 Å². The minimum atomic E-state index is -4.41. The van der Waals surface area contributed by atoms with E-state index in [-0.39, 0.29) is 5.69 Å². The predicted octanol–water partition coefficient (Wildman–Crippen LogP) is 4.92. The summed E-state index contributed by atoms with van der Waals surface area (Å²) in [7, 11) is 0. The fourth-order valence-electron chi connectivity index (χ4n) is 2.60. The Balaban J connectivity index is 1.68. The molecule has 0 atom stereocenters. The molecular weight excluding hydrogens is 362 g/mol. The molecule has 9 heteroatoms. The molecule has 0 unspecified atom stereocenters. The van der Waals surface area contributed by atoms with E-state index in [4.69, 9.17) is 0 Å². The molecule has 2 aromatic heterocycles. The van der Waals surface area contributed by atoms with E-state index >= 15 is 0 Å². The number of H-pyrrole nitrogens is 1. The molecule has 0 radical (unpaired) electrons. The summed E-state index contributed by atoms with van der Waals surface area (Å²) in [6.45, 7) is 0. The summed E-state index contributed by atoms with van der Waals surface area (Å²) < 4.78 is 52.3. The number of nitrogens with zero attached hydrogens (tertiary/aromatic N) is 3. The van der Waals surface area contributed by atoms with Crippen LogP contribution in [0.3, 0.4) is 0 Å². The van der Waals surface area contributed by atoms with E-state index in [2.05, 4.69) is 25.3 Å². The Morgan fingerprint density at radius 1 is 0.963 bits per heavy atom. The molecule has 0 aliphatic rings. The van der Waals surface area contributed by atoms with Gasteiger partial charge in [-0.05, 0) is 18.2 Å². The largest absolute Gasteiger partial charge is 0.416 e. The number of alkyl halides is 3. The highest BCUT2D eigenvalue weighted by atomic mass is 19.4. The van der Waals surface area contributed by atoms with Crippen LogP contribution in [0, 0.1) is 5.82 Å². The van der Waals surface area contributed by atoms with Crippen LogP contribution >= 0.6 is 0 Å². The molecule has 0 fully saturated rings. The fourth-order valence-corrected chi connectivity index (χ4v) is 2.60. The number of hydrogen-bond acceptors (Lipinski definition) is 4. The van der Waals surface area contributed by atoms with Gasteiger partial charge in [-0.1, -0.05) is 12.1 Å². The first-order chi connectivity index (χ1) is 12.9. The lowest BCUT2D eigenvalue weighted by atomic mass is 10.1. The molecule has 4 rings (SSSR count). The van der Waals surface area contributed by atoms with Crippen LogP contribution in [0.4, 0.5) is 28.9 Å². The van der Waals surface area contributed by atoms with Crippen molar-refractivity contribution < 1.29 is 17.6 Å². The first-order valence-corrected chi connectivity index (χ1v) is 7.79. The summed E-state index contributed by atoms with van der Waals surface area (Å²) in [6.07, 6.45) is -0.0539. The molecular formula is C18H11F4N5. The zero-order chi connectivity index (χ0) is 19.0. The molecule has 136 valence electrons. The van der Waals surface area contributed by atoms with Crippen LogP contribution in [0.15, 0.2) is 55.1 Å². The molecule has 27 heavy (non-hydrogen) atoms. The van der Waals surface area contributed by atoms with Crippen molar-refractivity contribution in [2.45, 2.75) is 6.18 Å². The minimum absolute atomic E-state index is 0.194. The van der Waals surface area contributed by atoms with Gasteiger partial charge in [-0.25, -0.2) is 19.3 Å². The molecule has 0 saturated heterocycles. The van der Waals surface area contributed by atoms with E-state index in [9.17, 15) is 17.6 Å². The van der Waals surface area contributed by atoms with Crippen molar-refractivity contribution in [3.63, 3.8) is 0 Å². The normalized spacial score (nSPS) is 11.7. The SMILES string of the molecule is Fc1cc2nc(-c3ccc(C(F)(F)F)cc3)[nH]c2cc1Nc1cncnc1. The number of imidazole rings is 1. The Labute approximate surface area is 150 Å². The number of aromatic amines is 1. The van der Waals surface area contributed by atoms with Crippen LogP contribution in [-0.4, -0.2) is 19.9 Å². The van der Waals surface area contributed by atoms with Gasteiger partial charge in [0.2, 0.25) is 0 Å². The van der Waals surface area contributed by atoms with Crippen LogP contribution < -0.4 is 5.32 Å². The zero-order valence-electron chi connectivity index (χ0n) is 13.5. The lowest BCUT2D eigenvalue weighted by molar-refractivity contribution is -0.137. The molecule has 2 N–H and O–H groups in total. The first-order valence-electron chi connectivity index (χ1n) is 7.79. The average molecular weight is 373 g/mol. The summed E-state index contributed by atoms with van der Waals surface area (Å²) in [5.74, 6) is -0.185. The summed E-state index contributed by atoms with van der Waals surface area (Å²) in [5.41, 5.74) is 1.32. The third-order valence-electron chi connectivity index (χ3n) is 3.90. The van der Waals surface area contributed by atoms with Crippen LogP contribution in [-0.2, 0) is 6.18 Å². The van der Waals surface area contributed by atoms with Gasteiger partial charge in [-0.3, -0.25) is 0 Å². The second-order valence-corrected chi connectivity index (χ2v) is 5.76. The van der Waals surface area contributed by atoms with Crippen LogP contribution in [0.1, 0.15) is 5.56 Å².